The van der Waals surface area contributed by atoms with Gasteiger partial charge in [-0.05, 0) is 55.3 Å². The molecule has 0 saturated carbocycles. The normalized spacial score (nSPS) is 11.2. The topological polar surface area (TPSA) is 34.0 Å². The van der Waals surface area contributed by atoms with Gasteiger partial charge in [0.2, 0.25) is 5.91 Å². The number of carbonyl (C=O) groups is 1. The minimum Gasteiger partial charge on any atom is -0.341 e. The van der Waals surface area contributed by atoms with E-state index in [-0.39, 0.29) is 11.7 Å². The number of para-hydroxylation sites is 1. The molecule has 0 atom stereocenters. The summed E-state index contributed by atoms with van der Waals surface area (Å²) in [5, 5.41) is 5.32. The van der Waals surface area contributed by atoms with Gasteiger partial charge in [-0.25, -0.2) is 4.39 Å². The molecule has 0 bridgehead atoms. The van der Waals surface area contributed by atoms with Gasteiger partial charge in [0, 0.05) is 40.5 Å². The molecule has 4 rings (SSSR count). The zero-order valence-corrected chi connectivity index (χ0v) is 15.2. The molecule has 27 heavy (non-hydrogen) atoms. The molecule has 1 N–H and O–H groups in total. The van der Waals surface area contributed by atoms with E-state index in [9.17, 15) is 9.18 Å². The molecular weight excluding hydrogens is 339 g/mol. The highest BCUT2D eigenvalue weighted by Crippen LogP contribution is 2.31. The molecule has 0 aliphatic rings. The van der Waals surface area contributed by atoms with E-state index in [1.165, 1.54) is 28.6 Å². The second-order valence-electron chi connectivity index (χ2n) is 6.67. The van der Waals surface area contributed by atoms with E-state index in [1.54, 1.807) is 12.1 Å². The van der Waals surface area contributed by atoms with Crippen molar-refractivity contribution in [1.82, 2.24) is 4.57 Å². The lowest BCUT2D eigenvalue weighted by atomic mass is 10.1. The van der Waals surface area contributed by atoms with E-state index in [0.29, 0.717) is 12.8 Å². The number of rotatable bonds is 5. The molecule has 4 heteroatoms. The summed E-state index contributed by atoms with van der Waals surface area (Å²) in [6, 6.07) is 20.7. The summed E-state index contributed by atoms with van der Waals surface area (Å²) in [4.78, 5) is 12.3. The van der Waals surface area contributed by atoms with Crippen LogP contribution < -0.4 is 5.32 Å². The summed E-state index contributed by atoms with van der Waals surface area (Å²) in [5.41, 5.74) is 4.12. The molecule has 0 aliphatic carbocycles. The van der Waals surface area contributed by atoms with Gasteiger partial charge in [0.1, 0.15) is 5.82 Å². The van der Waals surface area contributed by atoms with E-state index in [1.807, 2.05) is 24.3 Å². The van der Waals surface area contributed by atoms with Gasteiger partial charge in [-0.3, -0.25) is 4.79 Å². The highest BCUT2D eigenvalue weighted by molar-refractivity contribution is 6.09. The van der Waals surface area contributed by atoms with E-state index >= 15 is 0 Å². The Morgan fingerprint density at radius 2 is 1.70 bits per heavy atom. The first-order valence-electron chi connectivity index (χ1n) is 9.21. The van der Waals surface area contributed by atoms with Gasteiger partial charge in [-0.2, -0.15) is 0 Å². The predicted octanol–water partition coefficient (Wildman–Crippen LogP) is 5.52. The van der Waals surface area contributed by atoms with Crippen LogP contribution >= 0.6 is 0 Å². The van der Waals surface area contributed by atoms with Crippen LogP contribution in [0.1, 0.15) is 18.9 Å². The molecule has 1 heterocycles. The molecule has 0 spiro atoms. The summed E-state index contributed by atoms with van der Waals surface area (Å²) in [7, 11) is 0. The second kappa shape index (κ2) is 7.23. The van der Waals surface area contributed by atoms with Crippen molar-refractivity contribution in [2.75, 3.05) is 5.32 Å². The number of benzene rings is 3. The largest absolute Gasteiger partial charge is 0.341 e. The van der Waals surface area contributed by atoms with Crippen LogP contribution in [0.2, 0.25) is 0 Å². The number of nitrogens with one attached hydrogen (secondary N) is 1. The van der Waals surface area contributed by atoms with Crippen LogP contribution in [-0.4, -0.2) is 10.5 Å². The number of halogens is 1. The number of fused-ring (bicyclic) bond motifs is 3. The number of anilines is 1. The third-order valence-electron chi connectivity index (χ3n) is 4.93. The van der Waals surface area contributed by atoms with Crippen molar-refractivity contribution in [2.24, 2.45) is 0 Å². The summed E-state index contributed by atoms with van der Waals surface area (Å²) >= 11 is 0. The van der Waals surface area contributed by atoms with Gasteiger partial charge in [-0.1, -0.05) is 30.3 Å². The smallest absolute Gasteiger partial charge is 0.224 e. The van der Waals surface area contributed by atoms with Crippen molar-refractivity contribution in [3.63, 3.8) is 0 Å². The van der Waals surface area contributed by atoms with Crippen LogP contribution in [0.25, 0.3) is 21.8 Å². The first kappa shape index (κ1) is 17.3. The van der Waals surface area contributed by atoms with Crippen LogP contribution in [0.4, 0.5) is 10.1 Å². The number of aromatic nitrogens is 1. The Bertz CT molecular complexity index is 1110. The van der Waals surface area contributed by atoms with Crippen molar-refractivity contribution in [2.45, 2.75) is 26.3 Å². The third-order valence-corrected chi connectivity index (χ3v) is 4.93. The number of carbonyl (C=O) groups excluding carboxylic acids is 1. The minimum absolute atomic E-state index is 0.0436. The molecule has 136 valence electrons. The number of amides is 1. The van der Waals surface area contributed by atoms with Crippen molar-refractivity contribution in [1.29, 1.82) is 0 Å². The summed E-state index contributed by atoms with van der Waals surface area (Å²) < 4.78 is 15.2. The van der Waals surface area contributed by atoms with Gasteiger partial charge < -0.3 is 9.88 Å². The Morgan fingerprint density at radius 3 is 2.48 bits per heavy atom. The average molecular weight is 360 g/mol. The van der Waals surface area contributed by atoms with Crippen LogP contribution in [-0.2, 0) is 17.8 Å². The minimum atomic E-state index is -0.261. The highest BCUT2D eigenvalue weighted by Gasteiger charge is 2.11. The highest BCUT2D eigenvalue weighted by atomic mass is 19.1. The molecule has 1 amide bonds. The lowest BCUT2D eigenvalue weighted by Gasteiger charge is -2.07. The molecule has 3 aromatic carbocycles. The molecule has 0 aliphatic heterocycles. The molecule has 1 aromatic heterocycles. The van der Waals surface area contributed by atoms with E-state index in [0.717, 1.165) is 23.2 Å². The molecule has 0 unspecified atom stereocenters. The first-order valence-corrected chi connectivity index (χ1v) is 9.21. The quantitative estimate of drug-likeness (QED) is 0.499. The van der Waals surface area contributed by atoms with Gasteiger partial charge >= 0.3 is 0 Å². The second-order valence-corrected chi connectivity index (χ2v) is 6.67. The zero-order valence-electron chi connectivity index (χ0n) is 15.2. The Balaban J connectivity index is 1.54. The van der Waals surface area contributed by atoms with Crippen molar-refractivity contribution < 1.29 is 9.18 Å². The van der Waals surface area contributed by atoms with Crippen LogP contribution in [0.15, 0.2) is 66.7 Å². The van der Waals surface area contributed by atoms with Gasteiger partial charge in [-0.15, -0.1) is 0 Å². The number of aryl methyl sites for hydroxylation is 2. The third kappa shape index (κ3) is 3.43. The van der Waals surface area contributed by atoms with E-state index in [2.05, 4.69) is 35.0 Å². The lowest BCUT2D eigenvalue weighted by molar-refractivity contribution is -0.116. The maximum Gasteiger partial charge on any atom is 0.224 e. The predicted molar refractivity (Wildman–Crippen MR) is 108 cm³/mol. The molecule has 0 radical (unpaired) electrons. The summed E-state index contributed by atoms with van der Waals surface area (Å²) in [6.45, 7) is 3.03. The van der Waals surface area contributed by atoms with Crippen LogP contribution in [0, 0.1) is 5.82 Å². The SMILES string of the molecule is CCn1c2ccccc2c2cc(NC(=O)CCc3ccc(F)cc3)ccc21. The van der Waals surface area contributed by atoms with E-state index < -0.39 is 0 Å². The fourth-order valence-corrected chi connectivity index (χ4v) is 3.60. The Labute approximate surface area is 157 Å². The van der Waals surface area contributed by atoms with Crippen LogP contribution in [0.5, 0.6) is 0 Å². The fraction of sp³-hybridized carbons (Fsp3) is 0.174. The van der Waals surface area contributed by atoms with E-state index in [4.69, 9.17) is 0 Å². The molecule has 3 nitrogen and oxygen atoms in total. The standard InChI is InChI=1S/C23H21FN2O/c1-2-26-21-6-4-3-5-19(21)20-15-18(12-13-22(20)26)25-23(27)14-9-16-7-10-17(24)11-8-16/h3-8,10-13,15H,2,9,14H2,1H3,(H,25,27). The number of hydrogen-bond donors (Lipinski definition) is 1. The average Bonchev–Trinajstić information content (AvgIpc) is 3.01. The summed E-state index contributed by atoms with van der Waals surface area (Å²) in [6.07, 6.45) is 0.948. The number of hydrogen-bond acceptors (Lipinski definition) is 1. The van der Waals surface area contributed by atoms with Gasteiger partial charge in [0.05, 0.1) is 0 Å². The molecule has 0 fully saturated rings. The van der Waals surface area contributed by atoms with Crippen molar-refractivity contribution in [3.8, 4) is 0 Å². The number of nitrogens with zero attached hydrogens (tertiary/aromatic N) is 1. The maximum atomic E-state index is 13.0. The first-order chi connectivity index (χ1) is 13.2. The maximum absolute atomic E-state index is 13.0. The lowest BCUT2D eigenvalue weighted by Crippen LogP contribution is -2.12. The van der Waals surface area contributed by atoms with Crippen molar-refractivity contribution >= 4 is 33.4 Å². The Kier molecular flexibility index (Phi) is 4.63. The monoisotopic (exact) mass is 360 g/mol. The molecule has 4 aromatic rings. The Morgan fingerprint density at radius 1 is 0.963 bits per heavy atom. The van der Waals surface area contributed by atoms with Crippen LogP contribution in [0.3, 0.4) is 0 Å². The van der Waals surface area contributed by atoms with Crippen molar-refractivity contribution in [3.05, 3.63) is 78.1 Å². The summed E-state index contributed by atoms with van der Waals surface area (Å²) in [5.74, 6) is -0.305. The fourth-order valence-electron chi connectivity index (χ4n) is 3.60. The molecular formula is C23H21FN2O. The Hall–Kier alpha value is -3.14. The van der Waals surface area contributed by atoms with Gasteiger partial charge in [0.25, 0.3) is 0 Å². The van der Waals surface area contributed by atoms with Gasteiger partial charge in [0.15, 0.2) is 0 Å². The molecule has 0 saturated heterocycles. The zero-order chi connectivity index (χ0) is 18.8.